The first-order chi connectivity index (χ1) is 15.1. The molecule has 0 bridgehead atoms. The molecule has 0 unspecified atom stereocenters. The predicted octanol–water partition coefficient (Wildman–Crippen LogP) is 3.34. The van der Waals surface area contributed by atoms with E-state index >= 15 is 0 Å². The molecule has 3 aromatic rings. The van der Waals surface area contributed by atoms with Crippen LogP contribution in [0.25, 0.3) is 5.69 Å². The molecule has 170 valence electrons. The number of aliphatic imine (C=N–C) groups is 1. The van der Waals surface area contributed by atoms with Crippen molar-refractivity contribution in [3.8, 4) is 18.0 Å². The molecule has 4 rings (SSSR count). The zero-order valence-corrected chi connectivity index (χ0v) is 19.4. The summed E-state index contributed by atoms with van der Waals surface area (Å²) in [5, 5.41) is 2.73. The standard InChI is InChI=1S/C24H20N4O3.2ClH/c1-3-17-9-10-20-19(13-17)22(18-7-5-4-6-8-18)26-14-21-23(27-15-28(20)21)24(30)25-11-12-31-16(2)29;;/h1,4-10,13,15H,11-12,14H2,2H3,(H,25,30);2*1H. The number of hydrogen-bond donors (Lipinski definition) is 1. The number of nitrogens with one attached hydrogen (secondary N) is 1. The second-order valence-corrected chi connectivity index (χ2v) is 6.91. The molecule has 7 nitrogen and oxygen atoms in total. The molecule has 1 aromatic heterocycles. The van der Waals surface area contributed by atoms with Crippen molar-refractivity contribution in [2.45, 2.75) is 13.5 Å². The van der Waals surface area contributed by atoms with E-state index in [1.807, 2.05) is 53.1 Å². The fraction of sp³-hybridized carbons (Fsp3) is 0.167. The Balaban J connectivity index is 0.00000193. The number of carbonyl (C=O) groups excluding carboxylic acids is 2. The third-order valence-corrected chi connectivity index (χ3v) is 4.89. The lowest BCUT2D eigenvalue weighted by molar-refractivity contribution is -0.140. The molecule has 0 atom stereocenters. The van der Waals surface area contributed by atoms with Crippen molar-refractivity contribution in [2.75, 3.05) is 13.2 Å². The molecular formula is C24H22Cl2N4O3. The van der Waals surface area contributed by atoms with Crippen LogP contribution in [-0.4, -0.2) is 40.3 Å². The van der Waals surface area contributed by atoms with E-state index in [1.54, 1.807) is 6.33 Å². The minimum Gasteiger partial charge on any atom is -0.464 e. The van der Waals surface area contributed by atoms with E-state index in [2.05, 4.69) is 16.2 Å². The van der Waals surface area contributed by atoms with Gasteiger partial charge in [0.05, 0.1) is 30.2 Å². The number of rotatable bonds is 5. The molecule has 0 saturated carbocycles. The average Bonchev–Trinajstić information content (AvgIpc) is 3.14. The zero-order valence-electron chi connectivity index (χ0n) is 17.8. The van der Waals surface area contributed by atoms with E-state index in [1.165, 1.54) is 6.92 Å². The predicted molar refractivity (Wildman–Crippen MR) is 131 cm³/mol. The summed E-state index contributed by atoms with van der Waals surface area (Å²) in [5.41, 5.74) is 5.19. The van der Waals surface area contributed by atoms with Crippen LogP contribution in [0.2, 0.25) is 0 Å². The van der Waals surface area contributed by atoms with Crippen molar-refractivity contribution >= 4 is 42.4 Å². The summed E-state index contributed by atoms with van der Waals surface area (Å²) in [7, 11) is 0. The highest BCUT2D eigenvalue weighted by Crippen LogP contribution is 2.27. The number of esters is 1. The minimum atomic E-state index is -0.393. The van der Waals surface area contributed by atoms with E-state index in [9.17, 15) is 9.59 Å². The summed E-state index contributed by atoms with van der Waals surface area (Å²) in [6.07, 6.45) is 7.25. The Morgan fingerprint density at radius 1 is 1.18 bits per heavy atom. The van der Waals surface area contributed by atoms with Gasteiger partial charge in [0.15, 0.2) is 5.69 Å². The Labute approximate surface area is 204 Å². The van der Waals surface area contributed by atoms with Crippen LogP contribution in [0.4, 0.5) is 0 Å². The van der Waals surface area contributed by atoms with Crippen molar-refractivity contribution in [1.82, 2.24) is 14.9 Å². The summed E-state index contributed by atoms with van der Waals surface area (Å²) in [6.45, 7) is 1.90. The molecule has 1 aliphatic heterocycles. The van der Waals surface area contributed by atoms with Gasteiger partial charge in [-0.3, -0.25) is 19.1 Å². The maximum absolute atomic E-state index is 12.7. The fourth-order valence-corrected chi connectivity index (χ4v) is 3.47. The maximum Gasteiger partial charge on any atom is 0.302 e. The van der Waals surface area contributed by atoms with Crippen LogP contribution in [-0.2, 0) is 16.1 Å². The number of aromatic nitrogens is 2. The first kappa shape index (κ1) is 25.7. The first-order valence-electron chi connectivity index (χ1n) is 9.77. The summed E-state index contributed by atoms with van der Waals surface area (Å²) in [6, 6.07) is 15.5. The van der Waals surface area contributed by atoms with E-state index in [-0.39, 0.29) is 56.1 Å². The van der Waals surface area contributed by atoms with Crippen LogP contribution in [0.5, 0.6) is 0 Å². The molecule has 0 fully saturated rings. The number of nitrogens with zero attached hydrogens (tertiary/aromatic N) is 3. The van der Waals surface area contributed by atoms with Gasteiger partial charge in [0, 0.05) is 23.6 Å². The SMILES string of the molecule is C#Cc1ccc2c(c1)C(c1ccccc1)=NCc1c(C(=O)NCCOC(C)=O)ncn1-2.Cl.Cl. The molecule has 1 aliphatic rings. The van der Waals surface area contributed by atoms with Gasteiger partial charge in [-0.1, -0.05) is 36.3 Å². The molecular weight excluding hydrogens is 463 g/mol. The van der Waals surface area contributed by atoms with Crippen molar-refractivity contribution in [3.05, 3.63) is 82.9 Å². The van der Waals surface area contributed by atoms with Crippen LogP contribution >= 0.6 is 24.8 Å². The number of ether oxygens (including phenoxy) is 1. The first-order valence-corrected chi connectivity index (χ1v) is 9.77. The van der Waals surface area contributed by atoms with Crippen LogP contribution in [0, 0.1) is 12.3 Å². The lowest BCUT2D eigenvalue weighted by atomic mass is 9.98. The zero-order chi connectivity index (χ0) is 21.8. The van der Waals surface area contributed by atoms with Gasteiger partial charge in [-0.05, 0) is 18.2 Å². The van der Waals surface area contributed by atoms with Crippen molar-refractivity contribution in [1.29, 1.82) is 0 Å². The number of benzene rings is 2. The van der Waals surface area contributed by atoms with E-state index < -0.39 is 5.97 Å². The molecule has 1 N–H and O–H groups in total. The summed E-state index contributed by atoms with van der Waals surface area (Å²) in [4.78, 5) is 32.7. The van der Waals surface area contributed by atoms with Gasteiger partial charge in [0.2, 0.25) is 0 Å². The number of amides is 1. The number of fused-ring (bicyclic) bond motifs is 3. The molecule has 33 heavy (non-hydrogen) atoms. The number of imidazole rings is 1. The van der Waals surface area contributed by atoms with Gasteiger partial charge in [-0.25, -0.2) is 4.98 Å². The molecule has 0 saturated heterocycles. The quantitative estimate of drug-likeness (QED) is 0.341. The maximum atomic E-state index is 12.7. The van der Waals surface area contributed by atoms with Gasteiger partial charge >= 0.3 is 5.97 Å². The van der Waals surface area contributed by atoms with Crippen LogP contribution in [0.15, 0.2) is 59.9 Å². The Hall–Kier alpha value is -3.60. The minimum absolute atomic E-state index is 0. The lowest BCUT2D eigenvalue weighted by Gasteiger charge is -2.12. The lowest BCUT2D eigenvalue weighted by Crippen LogP contribution is -2.29. The van der Waals surface area contributed by atoms with Gasteiger partial charge in [0.25, 0.3) is 5.91 Å². The van der Waals surface area contributed by atoms with Gasteiger partial charge < -0.3 is 10.1 Å². The molecule has 0 spiro atoms. The highest BCUT2D eigenvalue weighted by atomic mass is 35.5. The second kappa shape index (κ2) is 11.3. The topological polar surface area (TPSA) is 85.6 Å². The summed E-state index contributed by atoms with van der Waals surface area (Å²) >= 11 is 0. The molecule has 9 heteroatoms. The highest BCUT2D eigenvalue weighted by molar-refractivity contribution is 6.15. The van der Waals surface area contributed by atoms with E-state index in [4.69, 9.17) is 16.2 Å². The normalized spacial score (nSPS) is 11.2. The number of halogens is 2. The van der Waals surface area contributed by atoms with Crippen LogP contribution in [0.1, 0.15) is 39.8 Å². The molecule has 0 aliphatic carbocycles. The Morgan fingerprint density at radius 2 is 1.94 bits per heavy atom. The summed E-state index contributed by atoms with van der Waals surface area (Å²) < 4.78 is 6.73. The molecule has 2 aromatic carbocycles. The largest absolute Gasteiger partial charge is 0.464 e. The van der Waals surface area contributed by atoms with Gasteiger partial charge in [-0.2, -0.15) is 0 Å². The smallest absolute Gasteiger partial charge is 0.302 e. The third kappa shape index (κ3) is 5.43. The fourth-order valence-electron chi connectivity index (χ4n) is 3.47. The van der Waals surface area contributed by atoms with Crippen molar-refractivity contribution in [3.63, 3.8) is 0 Å². The molecule has 0 radical (unpaired) electrons. The van der Waals surface area contributed by atoms with Crippen molar-refractivity contribution < 1.29 is 14.3 Å². The second-order valence-electron chi connectivity index (χ2n) is 6.91. The Morgan fingerprint density at radius 3 is 2.64 bits per heavy atom. The third-order valence-electron chi connectivity index (χ3n) is 4.89. The van der Waals surface area contributed by atoms with Gasteiger partial charge in [0.1, 0.15) is 12.9 Å². The molecule has 2 heterocycles. The van der Waals surface area contributed by atoms with E-state index in [0.29, 0.717) is 5.69 Å². The number of terminal acetylenes is 1. The highest BCUT2D eigenvalue weighted by Gasteiger charge is 2.24. The van der Waals surface area contributed by atoms with E-state index in [0.717, 1.165) is 28.1 Å². The Kier molecular flexibility index (Phi) is 8.80. The monoisotopic (exact) mass is 484 g/mol. The number of hydrogen-bond acceptors (Lipinski definition) is 5. The molecule has 1 amide bonds. The van der Waals surface area contributed by atoms with Crippen molar-refractivity contribution in [2.24, 2.45) is 4.99 Å². The average molecular weight is 485 g/mol. The number of carbonyl (C=O) groups is 2. The van der Waals surface area contributed by atoms with Crippen LogP contribution in [0.3, 0.4) is 0 Å². The Bertz CT molecular complexity index is 1230. The van der Waals surface area contributed by atoms with Crippen LogP contribution < -0.4 is 5.32 Å². The van der Waals surface area contributed by atoms with Gasteiger partial charge in [-0.15, -0.1) is 31.2 Å². The summed E-state index contributed by atoms with van der Waals surface area (Å²) in [5.74, 6) is 1.93.